The molecule has 28 heavy (non-hydrogen) atoms. The average Bonchev–Trinajstić information content (AvgIpc) is 3.14. The van der Waals surface area contributed by atoms with E-state index >= 15 is 0 Å². The van der Waals surface area contributed by atoms with Gasteiger partial charge in [-0.05, 0) is 42.1 Å². The predicted molar refractivity (Wildman–Crippen MR) is 110 cm³/mol. The molecule has 1 saturated heterocycles. The molecule has 2 heterocycles. The van der Waals surface area contributed by atoms with Gasteiger partial charge in [0, 0.05) is 10.0 Å². The monoisotopic (exact) mass is 457 g/mol. The first kappa shape index (κ1) is 18.5. The summed E-state index contributed by atoms with van der Waals surface area (Å²) in [4.78, 5) is 42.4. The van der Waals surface area contributed by atoms with E-state index in [-0.39, 0.29) is 10.5 Å². The van der Waals surface area contributed by atoms with Gasteiger partial charge in [0.05, 0.1) is 21.9 Å². The van der Waals surface area contributed by atoms with E-state index in [1.807, 2.05) is 12.1 Å². The van der Waals surface area contributed by atoms with E-state index in [4.69, 9.17) is 5.11 Å². The zero-order valence-electron chi connectivity index (χ0n) is 14.2. The zero-order valence-corrected chi connectivity index (χ0v) is 16.6. The van der Waals surface area contributed by atoms with Crippen LogP contribution >= 0.6 is 27.7 Å². The summed E-state index contributed by atoms with van der Waals surface area (Å²) >= 11 is 4.42. The van der Waals surface area contributed by atoms with Crippen molar-refractivity contribution in [3.05, 3.63) is 63.5 Å². The van der Waals surface area contributed by atoms with Gasteiger partial charge in [-0.15, -0.1) is 0 Å². The second-order valence-electron chi connectivity index (χ2n) is 5.96. The molecule has 7 nitrogen and oxygen atoms in total. The van der Waals surface area contributed by atoms with Gasteiger partial charge in [0.25, 0.3) is 11.8 Å². The number of halogens is 1. The Hall–Kier alpha value is -2.91. The number of nitrogens with zero attached hydrogens (tertiary/aromatic N) is 2. The van der Waals surface area contributed by atoms with Crippen molar-refractivity contribution in [3.8, 4) is 0 Å². The fourth-order valence-electron chi connectivity index (χ4n) is 2.96. The second kappa shape index (κ2) is 7.25. The molecule has 2 amide bonds. The van der Waals surface area contributed by atoms with Crippen molar-refractivity contribution in [1.29, 1.82) is 0 Å². The van der Waals surface area contributed by atoms with Crippen LogP contribution in [0.5, 0.6) is 0 Å². The van der Waals surface area contributed by atoms with E-state index in [2.05, 4.69) is 26.2 Å². The zero-order chi connectivity index (χ0) is 19.8. The highest BCUT2D eigenvalue weighted by molar-refractivity contribution is 9.10. The van der Waals surface area contributed by atoms with Crippen molar-refractivity contribution in [2.24, 2.45) is 4.99 Å². The van der Waals surface area contributed by atoms with Crippen molar-refractivity contribution in [3.63, 3.8) is 0 Å². The first-order valence-electron chi connectivity index (χ1n) is 8.15. The number of carbonyl (C=O) groups excluding carboxylic acids is 2. The number of hydrogen-bond acceptors (Lipinski definition) is 5. The largest absolute Gasteiger partial charge is 0.480 e. The fraction of sp³-hybridized carbons (Fsp3) is 0.0526. The quantitative estimate of drug-likeness (QED) is 0.689. The summed E-state index contributed by atoms with van der Waals surface area (Å²) in [6.45, 7) is -0.473. The molecule has 0 unspecified atom stereocenters. The minimum Gasteiger partial charge on any atom is -0.480 e. The van der Waals surface area contributed by atoms with Gasteiger partial charge in [-0.2, -0.15) is 0 Å². The molecule has 4 rings (SSSR count). The van der Waals surface area contributed by atoms with Crippen molar-refractivity contribution >= 4 is 67.6 Å². The summed E-state index contributed by atoms with van der Waals surface area (Å²) in [7, 11) is 0. The Morgan fingerprint density at radius 2 is 1.86 bits per heavy atom. The number of fused-ring (bicyclic) bond motifs is 1. The Kier molecular flexibility index (Phi) is 4.78. The number of para-hydroxylation sites is 1. The van der Waals surface area contributed by atoms with Crippen molar-refractivity contribution in [2.45, 2.75) is 0 Å². The smallest absolute Gasteiger partial charge is 0.323 e. The number of benzene rings is 2. The Morgan fingerprint density at radius 1 is 1.14 bits per heavy atom. The van der Waals surface area contributed by atoms with Gasteiger partial charge in [-0.25, -0.2) is 4.99 Å². The molecule has 0 radical (unpaired) electrons. The summed E-state index contributed by atoms with van der Waals surface area (Å²) in [5.74, 6) is -2.07. The Morgan fingerprint density at radius 3 is 2.57 bits per heavy atom. The highest BCUT2D eigenvalue weighted by Crippen LogP contribution is 2.42. The van der Waals surface area contributed by atoms with Crippen LogP contribution in [0.3, 0.4) is 0 Å². The fourth-order valence-corrected chi connectivity index (χ4v) is 4.16. The number of anilines is 1. The maximum absolute atomic E-state index is 12.9. The Balaban J connectivity index is 1.74. The minimum absolute atomic E-state index is 0.195. The van der Waals surface area contributed by atoms with E-state index < -0.39 is 24.3 Å². The topological polar surface area (TPSA) is 99.1 Å². The summed E-state index contributed by atoms with van der Waals surface area (Å²) < 4.78 is 0.911. The number of carbonyl (C=O) groups is 3. The normalized spacial score (nSPS) is 19.9. The predicted octanol–water partition coefficient (Wildman–Crippen LogP) is 3.14. The second-order valence-corrected chi connectivity index (χ2v) is 7.87. The van der Waals surface area contributed by atoms with E-state index in [0.717, 1.165) is 21.1 Å². The van der Waals surface area contributed by atoms with Crippen LogP contribution in [-0.4, -0.2) is 34.6 Å². The number of aliphatic imine (C=N–C) groups is 1. The van der Waals surface area contributed by atoms with Crippen LogP contribution in [0, 0.1) is 0 Å². The van der Waals surface area contributed by atoms with Gasteiger partial charge in [0.15, 0.2) is 5.17 Å². The maximum Gasteiger partial charge on any atom is 0.323 e. The molecule has 2 aliphatic rings. The minimum atomic E-state index is -1.13. The van der Waals surface area contributed by atoms with Gasteiger partial charge in [-0.1, -0.05) is 34.1 Å². The van der Waals surface area contributed by atoms with Crippen molar-refractivity contribution in [1.82, 2.24) is 5.32 Å². The van der Waals surface area contributed by atoms with Crippen LogP contribution in [0.1, 0.15) is 5.56 Å². The first-order valence-corrected chi connectivity index (χ1v) is 9.76. The number of hydrogen-bond donors (Lipinski definition) is 2. The number of amides is 2. The van der Waals surface area contributed by atoms with Gasteiger partial charge in [0.2, 0.25) is 0 Å². The molecular weight excluding hydrogens is 446 g/mol. The summed E-state index contributed by atoms with van der Waals surface area (Å²) in [6, 6.07) is 14.1. The molecule has 0 aromatic heterocycles. The molecule has 2 aromatic carbocycles. The number of carboxylic acid groups (broad SMARTS) is 1. The summed E-state index contributed by atoms with van der Waals surface area (Å²) in [5.41, 5.74) is 1.86. The molecule has 1 fully saturated rings. The summed E-state index contributed by atoms with van der Waals surface area (Å²) in [5, 5.41) is 12.2. The molecule has 0 aliphatic carbocycles. The van der Waals surface area contributed by atoms with E-state index in [0.29, 0.717) is 22.1 Å². The van der Waals surface area contributed by atoms with Crippen LogP contribution in [0.15, 0.2) is 62.9 Å². The first-order chi connectivity index (χ1) is 13.4. The van der Waals surface area contributed by atoms with Crippen molar-refractivity contribution in [2.75, 3.05) is 11.4 Å². The van der Waals surface area contributed by atoms with Crippen LogP contribution in [0.2, 0.25) is 0 Å². The van der Waals surface area contributed by atoms with Crippen LogP contribution in [-0.2, 0) is 14.4 Å². The molecule has 140 valence electrons. The molecule has 0 spiro atoms. The lowest BCUT2D eigenvalue weighted by Gasteiger charge is -2.13. The lowest BCUT2D eigenvalue weighted by Crippen LogP contribution is -2.32. The third kappa shape index (κ3) is 3.34. The van der Waals surface area contributed by atoms with Crippen LogP contribution < -0.4 is 10.2 Å². The SMILES string of the molecule is O=C(O)CN1C(=O)/C(=C2\SC(=Nc3ccc(Br)cc3)NC2=O)c2ccccc21. The molecule has 0 bridgehead atoms. The van der Waals surface area contributed by atoms with Gasteiger partial charge < -0.3 is 10.4 Å². The molecular formula is C19H12BrN3O4S. The van der Waals surface area contributed by atoms with Crippen molar-refractivity contribution < 1.29 is 19.5 Å². The molecule has 0 saturated carbocycles. The summed E-state index contributed by atoms with van der Waals surface area (Å²) in [6.07, 6.45) is 0. The Bertz CT molecular complexity index is 1080. The standard InChI is InChI=1S/C19H12BrN3O4S/c20-10-5-7-11(8-6-10)21-19-22-17(26)16(28-19)15-12-3-1-2-4-13(12)23(18(15)27)9-14(24)25/h1-8H,9H2,(H,24,25)(H,21,22,26)/b16-15-. The number of nitrogens with one attached hydrogen (secondary N) is 1. The van der Waals surface area contributed by atoms with Gasteiger partial charge in [0.1, 0.15) is 6.54 Å². The number of amidine groups is 1. The number of rotatable bonds is 3. The Labute approximate surface area is 172 Å². The van der Waals surface area contributed by atoms with Gasteiger partial charge in [-0.3, -0.25) is 19.3 Å². The van der Waals surface area contributed by atoms with Crippen LogP contribution in [0.4, 0.5) is 11.4 Å². The van der Waals surface area contributed by atoms with E-state index in [9.17, 15) is 14.4 Å². The van der Waals surface area contributed by atoms with Crippen LogP contribution in [0.25, 0.3) is 5.57 Å². The molecule has 0 atom stereocenters. The van der Waals surface area contributed by atoms with Gasteiger partial charge >= 0.3 is 5.97 Å². The third-order valence-corrected chi connectivity index (χ3v) is 5.64. The number of aliphatic carboxylic acids is 1. The molecule has 2 N–H and O–H groups in total. The third-order valence-electron chi connectivity index (χ3n) is 4.13. The molecule has 2 aromatic rings. The highest BCUT2D eigenvalue weighted by Gasteiger charge is 2.39. The molecule has 2 aliphatic heterocycles. The lowest BCUT2D eigenvalue weighted by atomic mass is 10.1. The maximum atomic E-state index is 12.9. The van der Waals surface area contributed by atoms with E-state index in [1.165, 1.54) is 0 Å². The number of carboxylic acids is 1. The van der Waals surface area contributed by atoms with E-state index in [1.54, 1.807) is 36.4 Å². The number of thioether (sulfide) groups is 1. The average molecular weight is 458 g/mol. The lowest BCUT2D eigenvalue weighted by molar-refractivity contribution is -0.136. The molecule has 9 heteroatoms. The highest BCUT2D eigenvalue weighted by atomic mass is 79.9.